The first kappa shape index (κ1) is 21.8. The second-order valence-electron chi connectivity index (χ2n) is 8.49. The van der Waals surface area contributed by atoms with Crippen LogP contribution >= 0.6 is 11.8 Å². The third-order valence-electron chi connectivity index (χ3n) is 6.49. The molecule has 31 heavy (non-hydrogen) atoms. The van der Waals surface area contributed by atoms with Crippen molar-refractivity contribution in [3.8, 4) is 5.75 Å². The second-order valence-corrected chi connectivity index (χ2v) is 9.37. The zero-order valence-electron chi connectivity index (χ0n) is 18.6. The summed E-state index contributed by atoms with van der Waals surface area (Å²) in [5.41, 5.74) is 4.05. The summed E-state index contributed by atoms with van der Waals surface area (Å²) in [6, 6.07) is 13.1. The van der Waals surface area contributed by atoms with Gasteiger partial charge in [0.05, 0.1) is 12.6 Å². The normalized spacial score (nSPS) is 19.6. The maximum absolute atomic E-state index is 11.7. The molecule has 1 aromatic heterocycles. The number of hydrogen-bond donors (Lipinski definition) is 1. The fraction of sp³-hybridized carbons (Fsp3) is 0.400. The van der Waals surface area contributed by atoms with Crippen molar-refractivity contribution in [3.63, 3.8) is 0 Å². The molecule has 1 fully saturated rings. The van der Waals surface area contributed by atoms with Crippen LogP contribution in [0.2, 0.25) is 0 Å². The molecule has 1 N–H and O–H groups in total. The number of carboxylic acid groups (broad SMARTS) is 1. The van der Waals surface area contributed by atoms with E-state index in [2.05, 4.69) is 42.3 Å². The lowest BCUT2D eigenvalue weighted by atomic mass is 9.87. The average Bonchev–Trinajstić information content (AvgIpc) is 3.23. The van der Waals surface area contributed by atoms with Gasteiger partial charge in [-0.1, -0.05) is 19.1 Å². The van der Waals surface area contributed by atoms with E-state index >= 15 is 0 Å². The highest BCUT2D eigenvalue weighted by Gasteiger charge is 2.29. The van der Waals surface area contributed by atoms with E-state index in [4.69, 9.17) is 4.74 Å². The minimum atomic E-state index is -0.965. The highest BCUT2D eigenvalue weighted by Crippen LogP contribution is 2.39. The second kappa shape index (κ2) is 8.97. The number of ether oxygens (including phenoxy) is 1. The number of rotatable bonds is 5. The average molecular weight is 439 g/mol. The molecule has 5 nitrogen and oxygen atoms in total. The molecular formula is C25H30N2O3S. The molecule has 2 aromatic carbocycles. The van der Waals surface area contributed by atoms with E-state index in [1.807, 2.05) is 19.1 Å². The summed E-state index contributed by atoms with van der Waals surface area (Å²) in [6.07, 6.45) is 5.05. The maximum atomic E-state index is 11.7. The van der Waals surface area contributed by atoms with E-state index < -0.39 is 6.09 Å². The number of piperidine rings is 1. The Balaban J connectivity index is 1.75. The molecule has 1 saturated heterocycles. The highest BCUT2D eigenvalue weighted by atomic mass is 32.2. The van der Waals surface area contributed by atoms with Gasteiger partial charge < -0.3 is 9.84 Å². The van der Waals surface area contributed by atoms with Crippen LogP contribution in [0.5, 0.6) is 5.75 Å². The minimum Gasteiger partial charge on any atom is -0.496 e. The zero-order valence-corrected chi connectivity index (χ0v) is 19.4. The predicted molar refractivity (Wildman–Crippen MR) is 126 cm³/mol. The van der Waals surface area contributed by atoms with Crippen LogP contribution in [0.1, 0.15) is 42.5 Å². The van der Waals surface area contributed by atoms with Crippen molar-refractivity contribution < 1.29 is 14.6 Å². The van der Waals surface area contributed by atoms with Gasteiger partial charge in [-0.2, -0.15) is 0 Å². The van der Waals surface area contributed by atoms with E-state index in [1.165, 1.54) is 15.0 Å². The molecule has 1 aliphatic heterocycles. The fourth-order valence-electron chi connectivity index (χ4n) is 4.82. The molecule has 0 saturated carbocycles. The fourth-order valence-corrected chi connectivity index (χ4v) is 5.23. The van der Waals surface area contributed by atoms with Gasteiger partial charge in [-0.15, -0.1) is 11.8 Å². The van der Waals surface area contributed by atoms with Gasteiger partial charge in [-0.25, -0.2) is 4.79 Å². The third kappa shape index (κ3) is 4.19. The van der Waals surface area contributed by atoms with Gasteiger partial charge in [0.1, 0.15) is 5.75 Å². The standard InChI is InChI=1S/C25H30N2O3S/c1-16-9-11-26(22(13-16)18-5-7-19(31-4)8-6-18)15-21-20-10-12-27(25(28)29)24(20)17(2)14-23(21)30-3/h5-8,10,12,14,16,22H,9,11,13,15H2,1-4H3,(H,28,29)/t16-,22+/m1/s1. The Morgan fingerprint density at radius 2 is 2.00 bits per heavy atom. The molecule has 0 aliphatic carbocycles. The van der Waals surface area contributed by atoms with Gasteiger partial charge in [-0.3, -0.25) is 9.47 Å². The van der Waals surface area contributed by atoms with Gasteiger partial charge in [0.25, 0.3) is 0 Å². The van der Waals surface area contributed by atoms with Crippen LogP contribution in [0.25, 0.3) is 10.9 Å². The van der Waals surface area contributed by atoms with Crippen LogP contribution in [0.15, 0.2) is 47.5 Å². The van der Waals surface area contributed by atoms with E-state index in [0.717, 1.165) is 53.7 Å². The summed E-state index contributed by atoms with van der Waals surface area (Å²) in [5.74, 6) is 1.50. The largest absolute Gasteiger partial charge is 0.496 e. The van der Waals surface area contributed by atoms with Crippen LogP contribution in [0.4, 0.5) is 4.79 Å². The van der Waals surface area contributed by atoms with Crippen molar-refractivity contribution >= 4 is 28.8 Å². The van der Waals surface area contributed by atoms with Crippen LogP contribution < -0.4 is 4.74 Å². The third-order valence-corrected chi connectivity index (χ3v) is 7.24. The number of benzene rings is 2. The molecule has 3 aromatic rings. The van der Waals surface area contributed by atoms with Gasteiger partial charge >= 0.3 is 6.09 Å². The van der Waals surface area contributed by atoms with Crippen molar-refractivity contribution in [3.05, 3.63) is 59.3 Å². The Hall–Kier alpha value is -2.44. The molecule has 4 rings (SSSR count). The number of hydrogen-bond acceptors (Lipinski definition) is 4. The van der Waals surface area contributed by atoms with Gasteiger partial charge in [0.15, 0.2) is 0 Å². The first-order chi connectivity index (χ1) is 14.9. The molecule has 0 unspecified atom stereocenters. The summed E-state index contributed by atoms with van der Waals surface area (Å²) in [4.78, 5) is 15.5. The number of methoxy groups -OCH3 is 1. The number of nitrogens with zero attached hydrogens (tertiary/aromatic N) is 2. The monoisotopic (exact) mass is 438 g/mol. The summed E-state index contributed by atoms with van der Waals surface area (Å²) >= 11 is 1.76. The van der Waals surface area contributed by atoms with Gasteiger partial charge in [0.2, 0.25) is 0 Å². The summed E-state index contributed by atoms with van der Waals surface area (Å²) in [5, 5.41) is 10.6. The van der Waals surface area contributed by atoms with Crippen LogP contribution in [0, 0.1) is 12.8 Å². The summed E-state index contributed by atoms with van der Waals surface area (Å²) in [7, 11) is 1.69. The number of fused-ring (bicyclic) bond motifs is 1. The number of likely N-dealkylation sites (tertiary alicyclic amines) is 1. The highest BCUT2D eigenvalue weighted by molar-refractivity contribution is 7.98. The van der Waals surface area contributed by atoms with Gasteiger partial charge in [0, 0.05) is 34.6 Å². The molecular weight excluding hydrogens is 408 g/mol. The first-order valence-corrected chi connectivity index (χ1v) is 11.9. The number of aromatic nitrogens is 1. The minimum absolute atomic E-state index is 0.335. The molecule has 0 spiro atoms. The Kier molecular flexibility index (Phi) is 6.30. The van der Waals surface area contributed by atoms with Crippen LogP contribution in [0.3, 0.4) is 0 Å². The van der Waals surface area contributed by atoms with Crippen molar-refractivity contribution in [2.24, 2.45) is 5.92 Å². The lowest BCUT2D eigenvalue weighted by Gasteiger charge is -2.39. The topological polar surface area (TPSA) is 54.7 Å². The Bertz CT molecular complexity index is 1090. The van der Waals surface area contributed by atoms with Gasteiger partial charge in [-0.05, 0) is 73.9 Å². The van der Waals surface area contributed by atoms with E-state index in [0.29, 0.717) is 12.0 Å². The molecule has 2 atom stereocenters. The van der Waals surface area contributed by atoms with Crippen LogP contribution in [-0.2, 0) is 6.54 Å². The lowest BCUT2D eigenvalue weighted by Crippen LogP contribution is -2.36. The molecule has 0 amide bonds. The van der Waals surface area contributed by atoms with Crippen molar-refractivity contribution in [1.29, 1.82) is 0 Å². The maximum Gasteiger partial charge on any atom is 0.416 e. The van der Waals surface area contributed by atoms with Crippen molar-refractivity contribution in [1.82, 2.24) is 9.47 Å². The Labute approximate surface area is 188 Å². The number of thioether (sulfide) groups is 1. The number of carbonyl (C=O) groups is 1. The molecule has 1 aliphatic rings. The smallest absolute Gasteiger partial charge is 0.416 e. The lowest BCUT2D eigenvalue weighted by molar-refractivity contribution is 0.110. The summed E-state index contributed by atoms with van der Waals surface area (Å²) in [6.45, 7) is 6.00. The van der Waals surface area contributed by atoms with Crippen LogP contribution in [-0.4, -0.2) is 40.6 Å². The van der Waals surface area contributed by atoms with E-state index in [1.54, 1.807) is 25.1 Å². The number of aryl methyl sites for hydroxylation is 1. The Morgan fingerprint density at radius 1 is 1.26 bits per heavy atom. The zero-order chi connectivity index (χ0) is 22.1. The quantitative estimate of drug-likeness (QED) is 0.482. The SMILES string of the molecule is COc1cc(C)c2c(ccn2C(=O)O)c1CN1CC[C@@H](C)C[C@H]1c1ccc(SC)cc1. The molecule has 0 radical (unpaired) electrons. The van der Waals surface area contributed by atoms with E-state index in [9.17, 15) is 9.90 Å². The van der Waals surface area contributed by atoms with E-state index in [-0.39, 0.29) is 0 Å². The Morgan fingerprint density at radius 3 is 2.65 bits per heavy atom. The molecule has 164 valence electrons. The molecule has 0 bridgehead atoms. The summed E-state index contributed by atoms with van der Waals surface area (Å²) < 4.78 is 7.06. The first-order valence-electron chi connectivity index (χ1n) is 10.7. The van der Waals surface area contributed by atoms with Crippen molar-refractivity contribution in [2.75, 3.05) is 19.9 Å². The molecule has 6 heteroatoms. The predicted octanol–water partition coefficient (Wildman–Crippen LogP) is 6.18. The molecule has 2 heterocycles. The van der Waals surface area contributed by atoms with Crippen molar-refractivity contribution in [2.45, 2.75) is 44.2 Å².